The number of alkyl halides is 2. The number of nitrogens with zero attached hydrogens (tertiary/aromatic N) is 5. The summed E-state index contributed by atoms with van der Waals surface area (Å²) in [4.78, 5) is 24.9. The number of fused-ring (bicyclic) bond motifs is 1. The molecule has 30 heavy (non-hydrogen) atoms. The van der Waals surface area contributed by atoms with Crippen LogP contribution in [0.2, 0.25) is 0 Å². The number of aryl methyl sites for hydroxylation is 2. The smallest absolute Gasteiger partial charge is 0.272 e. The minimum absolute atomic E-state index is 0.0829. The van der Waals surface area contributed by atoms with Crippen LogP contribution in [-0.4, -0.2) is 65.1 Å². The lowest BCUT2D eigenvalue weighted by Gasteiger charge is -2.36. The molecule has 10 heteroatoms. The topological polar surface area (TPSA) is 84.6 Å². The molecule has 1 saturated heterocycles. The molecule has 1 amide bonds. The van der Waals surface area contributed by atoms with Crippen LogP contribution in [0.3, 0.4) is 0 Å². The Bertz CT molecular complexity index is 1040. The van der Waals surface area contributed by atoms with Gasteiger partial charge in [0.15, 0.2) is 6.61 Å². The van der Waals surface area contributed by atoms with Gasteiger partial charge in [0.25, 0.3) is 12.3 Å². The Balaban J connectivity index is 1.49. The molecule has 1 aliphatic heterocycles. The van der Waals surface area contributed by atoms with E-state index in [-0.39, 0.29) is 11.8 Å². The first-order chi connectivity index (χ1) is 14.4. The Morgan fingerprint density at radius 2 is 1.97 bits per heavy atom. The molecule has 8 nitrogen and oxygen atoms in total. The Labute approximate surface area is 171 Å². The molecular formula is C20H21F2N5O3. The molecule has 3 aromatic rings. The van der Waals surface area contributed by atoms with Gasteiger partial charge in [-0.15, -0.1) is 0 Å². The van der Waals surface area contributed by atoms with E-state index in [2.05, 4.69) is 20.0 Å². The Morgan fingerprint density at radius 1 is 1.20 bits per heavy atom. The number of ether oxygens (including phenoxy) is 1. The van der Waals surface area contributed by atoms with Gasteiger partial charge in [-0.1, -0.05) is 5.16 Å². The van der Waals surface area contributed by atoms with E-state index in [1.54, 1.807) is 18.7 Å². The van der Waals surface area contributed by atoms with E-state index in [1.165, 1.54) is 6.33 Å². The van der Waals surface area contributed by atoms with Gasteiger partial charge in [-0.05, 0) is 32.0 Å². The zero-order valence-corrected chi connectivity index (χ0v) is 16.6. The molecule has 1 fully saturated rings. The maximum Gasteiger partial charge on any atom is 0.272 e. The van der Waals surface area contributed by atoms with Crippen LogP contribution in [-0.2, 0) is 0 Å². The van der Waals surface area contributed by atoms with Crippen LogP contribution < -0.4 is 9.64 Å². The normalized spacial score (nSPS) is 14.6. The van der Waals surface area contributed by atoms with E-state index in [0.29, 0.717) is 54.1 Å². The van der Waals surface area contributed by atoms with Crippen LogP contribution in [0.25, 0.3) is 10.9 Å². The largest absolute Gasteiger partial charge is 0.471 e. The SMILES string of the molecule is Cc1noc(C)c1C(=O)N1CCN(c2ccc3ncnc(OCC(F)F)c3c2)CC1. The predicted octanol–water partition coefficient (Wildman–Crippen LogP) is 2.84. The standard InChI is InChI=1S/C20H21F2N5O3/c1-12-18(13(2)30-25-12)20(28)27-7-5-26(6-8-27)14-3-4-16-15(9-14)19(24-11-23-16)29-10-17(21)22/h3-4,9,11,17H,5-8,10H2,1-2H3. The number of carbonyl (C=O) groups is 1. The van der Waals surface area contributed by atoms with E-state index in [4.69, 9.17) is 9.26 Å². The van der Waals surface area contributed by atoms with Gasteiger partial charge in [0.2, 0.25) is 5.88 Å². The number of carbonyl (C=O) groups excluding carboxylic acids is 1. The number of aromatic nitrogens is 3. The third-order valence-corrected chi connectivity index (χ3v) is 5.11. The van der Waals surface area contributed by atoms with E-state index in [1.807, 2.05) is 18.2 Å². The number of hydrogen-bond acceptors (Lipinski definition) is 7. The molecular weight excluding hydrogens is 396 g/mol. The van der Waals surface area contributed by atoms with Crippen LogP contribution in [0.15, 0.2) is 29.0 Å². The molecule has 0 saturated carbocycles. The molecule has 4 rings (SSSR count). The number of benzene rings is 1. The lowest BCUT2D eigenvalue weighted by atomic mass is 10.1. The molecule has 0 N–H and O–H groups in total. The summed E-state index contributed by atoms with van der Waals surface area (Å²) in [7, 11) is 0. The van der Waals surface area contributed by atoms with Crippen molar-refractivity contribution in [2.24, 2.45) is 0 Å². The minimum atomic E-state index is -2.58. The van der Waals surface area contributed by atoms with Crippen LogP contribution in [0, 0.1) is 13.8 Å². The molecule has 2 aromatic heterocycles. The molecule has 1 aliphatic rings. The molecule has 1 aromatic carbocycles. The zero-order valence-electron chi connectivity index (χ0n) is 16.6. The van der Waals surface area contributed by atoms with Gasteiger partial charge in [0, 0.05) is 31.9 Å². The number of piperazine rings is 1. The summed E-state index contributed by atoms with van der Waals surface area (Å²) in [6, 6.07) is 5.56. The summed E-state index contributed by atoms with van der Waals surface area (Å²) in [6.45, 7) is 5.10. The second-order valence-electron chi connectivity index (χ2n) is 7.06. The van der Waals surface area contributed by atoms with Gasteiger partial charge in [-0.2, -0.15) is 0 Å². The van der Waals surface area contributed by atoms with Crippen molar-refractivity contribution >= 4 is 22.5 Å². The first-order valence-corrected chi connectivity index (χ1v) is 9.57. The summed E-state index contributed by atoms with van der Waals surface area (Å²) < 4.78 is 35.3. The van der Waals surface area contributed by atoms with Crippen molar-refractivity contribution < 1.29 is 22.8 Å². The maximum atomic E-state index is 12.8. The van der Waals surface area contributed by atoms with Crippen molar-refractivity contribution in [3.05, 3.63) is 41.5 Å². The lowest BCUT2D eigenvalue weighted by molar-refractivity contribution is 0.0744. The fraction of sp³-hybridized carbons (Fsp3) is 0.400. The monoisotopic (exact) mass is 417 g/mol. The number of hydrogen-bond donors (Lipinski definition) is 0. The minimum Gasteiger partial charge on any atom is -0.471 e. The highest BCUT2D eigenvalue weighted by Crippen LogP contribution is 2.28. The number of rotatable bonds is 5. The molecule has 0 atom stereocenters. The van der Waals surface area contributed by atoms with Gasteiger partial charge >= 0.3 is 0 Å². The highest BCUT2D eigenvalue weighted by Gasteiger charge is 2.27. The van der Waals surface area contributed by atoms with Crippen LogP contribution >= 0.6 is 0 Å². The van der Waals surface area contributed by atoms with Gasteiger partial charge < -0.3 is 19.1 Å². The summed E-state index contributed by atoms with van der Waals surface area (Å²) in [5.74, 6) is 0.570. The highest BCUT2D eigenvalue weighted by atomic mass is 19.3. The average molecular weight is 417 g/mol. The number of amides is 1. The fourth-order valence-corrected chi connectivity index (χ4v) is 3.59. The van der Waals surface area contributed by atoms with Crippen molar-refractivity contribution in [3.8, 4) is 5.88 Å². The molecule has 3 heterocycles. The molecule has 0 spiro atoms. The average Bonchev–Trinajstić information content (AvgIpc) is 3.09. The Morgan fingerprint density at radius 3 is 2.63 bits per heavy atom. The van der Waals surface area contributed by atoms with E-state index < -0.39 is 13.0 Å². The number of halogens is 2. The predicted molar refractivity (Wildman–Crippen MR) is 105 cm³/mol. The van der Waals surface area contributed by atoms with Crippen LogP contribution in [0.4, 0.5) is 14.5 Å². The van der Waals surface area contributed by atoms with Gasteiger partial charge in [-0.25, -0.2) is 18.7 Å². The Hall–Kier alpha value is -3.30. The molecule has 0 bridgehead atoms. The third-order valence-electron chi connectivity index (χ3n) is 5.11. The Kier molecular flexibility index (Phi) is 5.47. The van der Waals surface area contributed by atoms with E-state index in [0.717, 1.165) is 5.69 Å². The second-order valence-corrected chi connectivity index (χ2v) is 7.06. The number of anilines is 1. The second kappa shape index (κ2) is 8.21. The van der Waals surface area contributed by atoms with Crippen molar-refractivity contribution in [3.63, 3.8) is 0 Å². The fourth-order valence-electron chi connectivity index (χ4n) is 3.59. The van der Waals surface area contributed by atoms with Crippen molar-refractivity contribution in [2.45, 2.75) is 20.3 Å². The van der Waals surface area contributed by atoms with Crippen molar-refractivity contribution in [1.82, 2.24) is 20.0 Å². The quantitative estimate of drug-likeness (QED) is 0.631. The summed E-state index contributed by atoms with van der Waals surface area (Å²) in [5.41, 5.74) is 2.62. The maximum absolute atomic E-state index is 12.8. The molecule has 0 radical (unpaired) electrons. The summed E-state index contributed by atoms with van der Waals surface area (Å²) >= 11 is 0. The van der Waals surface area contributed by atoms with E-state index in [9.17, 15) is 13.6 Å². The molecule has 0 aliphatic carbocycles. The van der Waals surface area contributed by atoms with Crippen molar-refractivity contribution in [1.29, 1.82) is 0 Å². The van der Waals surface area contributed by atoms with Gasteiger partial charge in [0.05, 0.1) is 16.6 Å². The zero-order chi connectivity index (χ0) is 21.3. The van der Waals surface area contributed by atoms with E-state index >= 15 is 0 Å². The van der Waals surface area contributed by atoms with Crippen LogP contribution in [0.5, 0.6) is 5.88 Å². The molecule has 158 valence electrons. The third kappa shape index (κ3) is 3.89. The lowest BCUT2D eigenvalue weighted by Crippen LogP contribution is -2.49. The first-order valence-electron chi connectivity index (χ1n) is 9.57. The summed E-state index contributed by atoms with van der Waals surface area (Å²) in [5, 5.41) is 4.43. The highest BCUT2D eigenvalue weighted by molar-refractivity contribution is 5.96. The van der Waals surface area contributed by atoms with Gasteiger partial charge in [-0.3, -0.25) is 4.79 Å². The summed E-state index contributed by atoms with van der Waals surface area (Å²) in [6.07, 6.45) is -1.29. The van der Waals surface area contributed by atoms with Crippen LogP contribution in [0.1, 0.15) is 21.8 Å². The molecule has 0 unspecified atom stereocenters. The first kappa shape index (κ1) is 20.0. The van der Waals surface area contributed by atoms with Crippen molar-refractivity contribution in [2.75, 3.05) is 37.7 Å². The van der Waals surface area contributed by atoms with Gasteiger partial charge in [0.1, 0.15) is 17.7 Å².